The van der Waals surface area contributed by atoms with Crippen LogP contribution in [0, 0.1) is 6.92 Å². The van der Waals surface area contributed by atoms with Crippen molar-refractivity contribution >= 4 is 11.6 Å². The van der Waals surface area contributed by atoms with E-state index in [4.69, 9.17) is 5.73 Å². The fraction of sp³-hybridized carbons (Fsp3) is 0.167. The molecule has 0 unspecified atom stereocenters. The number of aryl methyl sites for hydroxylation is 1. The minimum absolute atomic E-state index is 0.417. The molecule has 2 aromatic rings. The second kappa shape index (κ2) is 4.69. The van der Waals surface area contributed by atoms with Crippen LogP contribution in [0.4, 0.5) is 5.69 Å². The molecule has 0 saturated heterocycles. The van der Waals surface area contributed by atoms with Gasteiger partial charge in [-0.05, 0) is 31.2 Å². The van der Waals surface area contributed by atoms with Gasteiger partial charge in [-0.3, -0.25) is 4.79 Å². The molecule has 1 heterocycles. The van der Waals surface area contributed by atoms with Crippen LogP contribution in [0.2, 0.25) is 0 Å². The number of nitrogens with one attached hydrogen (secondary N) is 2. The summed E-state index contributed by atoms with van der Waals surface area (Å²) in [5, 5.41) is 3.22. The largest absolute Gasteiger partial charge is 0.379 e. The monoisotopic (exact) mass is 230 g/mol. The van der Waals surface area contributed by atoms with Crippen LogP contribution in [0.15, 0.2) is 30.6 Å². The number of imidazole rings is 1. The Morgan fingerprint density at radius 2 is 2.12 bits per heavy atom. The van der Waals surface area contributed by atoms with E-state index in [-0.39, 0.29) is 0 Å². The lowest BCUT2D eigenvalue weighted by atomic mass is 10.2. The number of hydrogen-bond acceptors (Lipinski definition) is 3. The predicted octanol–water partition coefficient (Wildman–Crippen LogP) is 1.43. The molecule has 0 radical (unpaired) electrons. The molecular weight excluding hydrogens is 216 g/mol. The third-order valence-corrected chi connectivity index (χ3v) is 2.56. The van der Waals surface area contributed by atoms with Gasteiger partial charge in [0.25, 0.3) is 0 Å². The van der Waals surface area contributed by atoms with E-state index in [1.54, 1.807) is 18.5 Å². The minimum Gasteiger partial charge on any atom is -0.379 e. The van der Waals surface area contributed by atoms with Crippen LogP contribution in [0.3, 0.4) is 0 Å². The highest BCUT2D eigenvalue weighted by atomic mass is 16.1. The SMILES string of the molecule is Cc1[nH]cnc1CNc1ccc(C(N)=O)cc1. The van der Waals surface area contributed by atoms with Crippen LogP contribution in [0.25, 0.3) is 0 Å². The van der Waals surface area contributed by atoms with Crippen molar-refractivity contribution in [2.24, 2.45) is 5.73 Å². The van der Waals surface area contributed by atoms with E-state index in [0.29, 0.717) is 12.1 Å². The summed E-state index contributed by atoms with van der Waals surface area (Å²) in [6.45, 7) is 2.62. The lowest BCUT2D eigenvalue weighted by Gasteiger charge is -2.05. The molecule has 17 heavy (non-hydrogen) atoms. The van der Waals surface area contributed by atoms with Gasteiger partial charge in [0.2, 0.25) is 5.91 Å². The highest BCUT2D eigenvalue weighted by molar-refractivity contribution is 5.93. The van der Waals surface area contributed by atoms with Crippen LogP contribution >= 0.6 is 0 Å². The number of benzene rings is 1. The molecule has 0 fully saturated rings. The van der Waals surface area contributed by atoms with Gasteiger partial charge in [0.15, 0.2) is 0 Å². The Hall–Kier alpha value is -2.30. The smallest absolute Gasteiger partial charge is 0.248 e. The average Bonchev–Trinajstić information content (AvgIpc) is 2.73. The number of rotatable bonds is 4. The number of hydrogen-bond donors (Lipinski definition) is 3. The quantitative estimate of drug-likeness (QED) is 0.742. The zero-order valence-electron chi connectivity index (χ0n) is 9.53. The highest BCUT2D eigenvalue weighted by Gasteiger charge is 2.02. The molecule has 0 atom stereocenters. The van der Waals surface area contributed by atoms with Gasteiger partial charge in [0.05, 0.1) is 18.6 Å². The van der Waals surface area contributed by atoms with E-state index >= 15 is 0 Å². The van der Waals surface area contributed by atoms with E-state index in [1.807, 2.05) is 19.1 Å². The molecule has 5 nitrogen and oxygen atoms in total. The lowest BCUT2D eigenvalue weighted by molar-refractivity contribution is 0.100. The highest BCUT2D eigenvalue weighted by Crippen LogP contribution is 2.11. The van der Waals surface area contributed by atoms with Crippen molar-refractivity contribution in [3.8, 4) is 0 Å². The number of aromatic amines is 1. The molecule has 0 aliphatic heterocycles. The fourth-order valence-corrected chi connectivity index (χ4v) is 1.50. The summed E-state index contributed by atoms with van der Waals surface area (Å²) in [7, 11) is 0. The van der Waals surface area contributed by atoms with Gasteiger partial charge in [-0.15, -0.1) is 0 Å². The van der Waals surface area contributed by atoms with Crippen molar-refractivity contribution in [2.45, 2.75) is 13.5 Å². The normalized spacial score (nSPS) is 10.2. The summed E-state index contributed by atoms with van der Waals surface area (Å²) in [5.41, 5.74) is 8.62. The molecular formula is C12H14N4O. The van der Waals surface area contributed by atoms with Crippen LogP contribution in [-0.4, -0.2) is 15.9 Å². The van der Waals surface area contributed by atoms with Gasteiger partial charge in [0.1, 0.15) is 0 Å². The van der Waals surface area contributed by atoms with Crippen LogP contribution < -0.4 is 11.1 Å². The van der Waals surface area contributed by atoms with Crippen molar-refractivity contribution in [2.75, 3.05) is 5.32 Å². The van der Waals surface area contributed by atoms with Gasteiger partial charge in [-0.1, -0.05) is 0 Å². The Balaban J connectivity index is 2.00. The van der Waals surface area contributed by atoms with Crippen molar-refractivity contribution < 1.29 is 4.79 Å². The molecule has 0 bridgehead atoms. The molecule has 5 heteroatoms. The lowest BCUT2D eigenvalue weighted by Crippen LogP contribution is -2.10. The summed E-state index contributed by atoms with van der Waals surface area (Å²) in [5.74, 6) is -0.417. The zero-order valence-corrected chi connectivity index (χ0v) is 9.53. The summed E-state index contributed by atoms with van der Waals surface area (Å²) < 4.78 is 0. The van der Waals surface area contributed by atoms with E-state index in [2.05, 4.69) is 15.3 Å². The van der Waals surface area contributed by atoms with Gasteiger partial charge in [0, 0.05) is 16.9 Å². The van der Waals surface area contributed by atoms with E-state index < -0.39 is 5.91 Å². The van der Waals surface area contributed by atoms with Crippen LogP contribution in [0.1, 0.15) is 21.7 Å². The Morgan fingerprint density at radius 3 is 2.65 bits per heavy atom. The first-order valence-corrected chi connectivity index (χ1v) is 5.29. The Labute approximate surface area is 99.1 Å². The number of carbonyl (C=O) groups is 1. The van der Waals surface area contributed by atoms with Crippen molar-refractivity contribution in [1.82, 2.24) is 9.97 Å². The Kier molecular flexibility index (Phi) is 3.09. The maximum Gasteiger partial charge on any atom is 0.248 e. The summed E-state index contributed by atoms with van der Waals surface area (Å²) in [6.07, 6.45) is 1.67. The Morgan fingerprint density at radius 1 is 1.41 bits per heavy atom. The molecule has 0 aliphatic carbocycles. The van der Waals surface area contributed by atoms with Crippen molar-refractivity contribution in [3.63, 3.8) is 0 Å². The summed E-state index contributed by atoms with van der Waals surface area (Å²) in [6, 6.07) is 7.04. The first-order valence-electron chi connectivity index (χ1n) is 5.29. The number of nitrogens with zero attached hydrogens (tertiary/aromatic N) is 1. The fourth-order valence-electron chi connectivity index (χ4n) is 1.50. The maximum absolute atomic E-state index is 10.9. The molecule has 0 spiro atoms. The number of carbonyl (C=O) groups excluding carboxylic acids is 1. The third-order valence-electron chi connectivity index (χ3n) is 2.56. The summed E-state index contributed by atoms with van der Waals surface area (Å²) in [4.78, 5) is 18.1. The van der Waals surface area contributed by atoms with Gasteiger partial charge < -0.3 is 16.0 Å². The zero-order chi connectivity index (χ0) is 12.3. The predicted molar refractivity (Wildman–Crippen MR) is 65.6 cm³/mol. The number of aromatic nitrogens is 2. The number of H-pyrrole nitrogens is 1. The molecule has 0 aliphatic rings. The number of primary amides is 1. The van der Waals surface area contributed by atoms with E-state index in [9.17, 15) is 4.79 Å². The second-order valence-corrected chi connectivity index (χ2v) is 3.77. The van der Waals surface area contributed by atoms with Crippen molar-refractivity contribution in [1.29, 1.82) is 0 Å². The minimum atomic E-state index is -0.417. The van der Waals surface area contributed by atoms with E-state index in [1.165, 1.54) is 0 Å². The van der Waals surface area contributed by atoms with Gasteiger partial charge in [-0.25, -0.2) is 4.98 Å². The molecule has 1 aromatic carbocycles. The molecule has 1 amide bonds. The summed E-state index contributed by atoms with van der Waals surface area (Å²) >= 11 is 0. The molecule has 88 valence electrons. The van der Waals surface area contributed by atoms with Crippen molar-refractivity contribution in [3.05, 3.63) is 47.5 Å². The maximum atomic E-state index is 10.9. The molecule has 4 N–H and O–H groups in total. The first-order chi connectivity index (χ1) is 8.16. The molecule has 0 saturated carbocycles. The van der Waals surface area contributed by atoms with E-state index in [0.717, 1.165) is 17.1 Å². The Bertz CT molecular complexity index is 516. The average molecular weight is 230 g/mol. The van der Waals surface area contributed by atoms with Crippen LogP contribution in [0.5, 0.6) is 0 Å². The standard InChI is InChI=1S/C12H14N4O/c1-8-11(16-7-15-8)6-14-10-4-2-9(3-5-10)12(13)17/h2-5,7,14H,6H2,1H3,(H2,13,17)(H,15,16). The molecule has 1 aromatic heterocycles. The first kappa shape index (κ1) is 11.2. The number of anilines is 1. The van der Waals surface area contributed by atoms with Crippen LogP contribution in [-0.2, 0) is 6.54 Å². The molecule has 2 rings (SSSR count). The second-order valence-electron chi connectivity index (χ2n) is 3.77. The van der Waals surface area contributed by atoms with Gasteiger partial charge >= 0.3 is 0 Å². The topological polar surface area (TPSA) is 83.8 Å². The number of nitrogens with two attached hydrogens (primary N) is 1. The van der Waals surface area contributed by atoms with Gasteiger partial charge in [-0.2, -0.15) is 0 Å². The third kappa shape index (κ3) is 2.63. The number of amides is 1.